The number of rotatable bonds is 6. The van der Waals surface area contributed by atoms with Crippen LogP contribution in [0.5, 0.6) is 0 Å². The SMILES string of the molecule is [2H]c1nc2[nH]c([2H])c(C([2H])([2H])[2H])c([2H])c-2c1C(=O)c1c(F)c([2H])c([2H])c(NS(=O)(=O)C([2H])([2H])C([2H])([2H])C([2H])([2H])[2H])c1F. The molecule has 2 aliphatic rings. The number of pyridine rings is 1. The number of anilines is 1. The minimum absolute atomic E-state index is 0.587. The molecule has 0 aromatic heterocycles. The van der Waals surface area contributed by atoms with Gasteiger partial charge >= 0.3 is 0 Å². The number of sulfonamides is 1. The zero-order valence-electron chi connectivity index (χ0n) is 27.8. The van der Waals surface area contributed by atoms with Gasteiger partial charge in [0, 0.05) is 31.6 Å². The molecule has 0 fully saturated rings. The van der Waals surface area contributed by atoms with Gasteiger partial charge in [0.2, 0.25) is 15.8 Å². The molecule has 0 unspecified atom stereocenters. The first-order valence-corrected chi connectivity index (χ1v) is 8.25. The highest BCUT2D eigenvalue weighted by atomic mass is 32.2. The van der Waals surface area contributed by atoms with Crippen molar-refractivity contribution in [3.63, 3.8) is 0 Å². The van der Waals surface area contributed by atoms with Gasteiger partial charge in [0.1, 0.15) is 11.6 Å². The molecule has 1 aromatic carbocycles. The van der Waals surface area contributed by atoms with E-state index in [0.29, 0.717) is 0 Å². The molecule has 0 amide bonds. The van der Waals surface area contributed by atoms with E-state index in [1.54, 1.807) is 0 Å². The second-order valence-corrected chi connectivity index (χ2v) is 6.28. The maximum atomic E-state index is 15.7. The van der Waals surface area contributed by atoms with Crippen LogP contribution in [0.4, 0.5) is 14.5 Å². The van der Waals surface area contributed by atoms with Gasteiger partial charge in [-0.3, -0.25) is 9.52 Å². The lowest BCUT2D eigenvalue weighted by Crippen LogP contribution is -2.18. The monoisotopic (exact) mass is 408 g/mol. The van der Waals surface area contributed by atoms with Gasteiger partial charge in [-0.25, -0.2) is 22.2 Å². The largest absolute Gasteiger partial charge is 0.346 e. The normalized spacial score (nSPS) is 21.8. The number of nitrogens with one attached hydrogen (secondary N) is 2. The molecule has 0 aliphatic carbocycles. The van der Waals surface area contributed by atoms with Crippen molar-refractivity contribution in [3.8, 4) is 11.4 Å². The highest BCUT2D eigenvalue weighted by Gasteiger charge is 2.27. The van der Waals surface area contributed by atoms with Crippen molar-refractivity contribution in [2.75, 3.05) is 10.4 Å². The molecule has 0 bridgehead atoms. The van der Waals surface area contributed by atoms with E-state index in [1.165, 1.54) is 0 Å². The predicted octanol–water partition coefficient (Wildman–Crippen LogP) is 3.48. The van der Waals surface area contributed by atoms with E-state index >= 15 is 8.78 Å². The van der Waals surface area contributed by atoms with Gasteiger partial charge in [-0.1, -0.05) is 6.85 Å². The van der Waals surface area contributed by atoms with Crippen LogP contribution in [0.3, 0.4) is 0 Å². The number of H-pyrrole nitrogens is 1. The number of ketones is 1. The fourth-order valence-corrected chi connectivity index (χ4v) is 2.67. The third-order valence-electron chi connectivity index (χ3n) is 3.15. The summed E-state index contributed by atoms with van der Waals surface area (Å²) in [5.41, 5.74) is -10.8. The number of carbonyl (C=O) groups is 1. The lowest BCUT2D eigenvalue weighted by atomic mass is 9.99. The van der Waals surface area contributed by atoms with Crippen LogP contribution in [0, 0.1) is 18.5 Å². The molecule has 0 radical (unpaired) electrons. The number of fused-ring (bicyclic) bond motifs is 1. The van der Waals surface area contributed by atoms with E-state index in [-0.39, 0.29) is 0 Å². The van der Waals surface area contributed by atoms with Crippen LogP contribution in [0.1, 0.15) is 55.3 Å². The second kappa shape index (κ2) is 7.07. The smallest absolute Gasteiger partial charge is 0.232 e. The summed E-state index contributed by atoms with van der Waals surface area (Å²) in [7, 11) is -6.00. The Labute approximate surface area is 176 Å². The first kappa shape index (κ1) is 7.67. The molecule has 1 aromatic rings. The van der Waals surface area contributed by atoms with Crippen molar-refractivity contribution < 1.29 is 42.6 Å². The van der Waals surface area contributed by atoms with E-state index in [0.717, 1.165) is 4.72 Å². The molecule has 3 rings (SSSR count). The Balaban J connectivity index is 2.31. The van der Waals surface area contributed by atoms with Crippen molar-refractivity contribution in [2.45, 2.75) is 20.1 Å². The third kappa shape index (κ3) is 3.68. The highest BCUT2D eigenvalue weighted by Crippen LogP contribution is 2.30. The van der Waals surface area contributed by atoms with Crippen molar-refractivity contribution >= 4 is 21.5 Å². The maximum absolute atomic E-state index is 15.7. The molecule has 2 aliphatic heterocycles. The number of nitrogens with zero attached hydrogens (tertiary/aromatic N) is 1. The molecule has 2 N–H and O–H groups in total. The average Bonchev–Trinajstić information content (AvgIpc) is 3.14. The summed E-state index contributed by atoms with van der Waals surface area (Å²) in [6.07, 6.45) is -6.09. The third-order valence-corrected chi connectivity index (χ3v) is 4.00. The van der Waals surface area contributed by atoms with Gasteiger partial charge in [-0.15, -0.1) is 0 Å². The second-order valence-electron chi connectivity index (χ2n) is 4.86. The first-order chi connectivity index (χ1) is 18.7. The number of hydrogen-bond donors (Lipinski definition) is 2. The number of aromatic amines is 1. The zero-order chi connectivity index (χ0) is 32.7. The van der Waals surface area contributed by atoms with Crippen LogP contribution in [-0.4, -0.2) is 29.9 Å². The quantitative estimate of drug-likeness (QED) is 0.611. The van der Waals surface area contributed by atoms with Crippen molar-refractivity contribution in [2.24, 2.45) is 0 Å². The summed E-state index contributed by atoms with van der Waals surface area (Å²) in [5.74, 6) is -6.85. The summed E-state index contributed by atoms with van der Waals surface area (Å²) < 4.78 is 171. The number of halogens is 2. The summed E-state index contributed by atoms with van der Waals surface area (Å²) in [4.78, 5) is 19.1. The molecule has 2 heterocycles. The molecule has 0 saturated heterocycles. The van der Waals surface area contributed by atoms with Crippen LogP contribution in [0.2, 0.25) is 0 Å². The van der Waals surface area contributed by atoms with E-state index in [2.05, 4.69) is 9.97 Å². The number of hydrogen-bond acceptors (Lipinski definition) is 4. The molecule has 0 saturated carbocycles. The molecule has 0 atom stereocenters. The summed E-state index contributed by atoms with van der Waals surface area (Å²) in [6.45, 7) is -7.02. The summed E-state index contributed by atoms with van der Waals surface area (Å²) in [6, 6.07) is -4.32. The fraction of sp³-hybridized carbons (Fsp3) is 0.222. The van der Waals surface area contributed by atoms with Crippen molar-refractivity contribution in [3.05, 3.63) is 58.8 Å². The standard InChI is InChI=1S/C18H17F2N3O3S/c1-3-6-27(25,26)23-14-5-4-13(19)15(16(14)20)17(24)12-9-22-18-11(12)7-10(2)8-21-18/h4-5,7-9,23H,3,6H2,1-2H3,(H,21,22)/i1D3,2D3,3D2,4D,5D,6D2,7D,8D,9D. The Hall–Kier alpha value is -2.81. The Kier molecular flexibility index (Phi) is 2.01. The van der Waals surface area contributed by atoms with Gasteiger partial charge in [0.15, 0.2) is 5.82 Å². The summed E-state index contributed by atoms with van der Waals surface area (Å²) in [5, 5.41) is 0. The lowest BCUT2D eigenvalue weighted by molar-refractivity contribution is 0.103. The van der Waals surface area contributed by atoms with Crippen LogP contribution >= 0.6 is 0 Å². The Bertz CT molecular complexity index is 1700. The first-order valence-electron chi connectivity index (χ1n) is 14.3. The predicted molar refractivity (Wildman–Crippen MR) is 97.4 cm³/mol. The maximum Gasteiger partial charge on any atom is 0.232 e. The van der Waals surface area contributed by atoms with Crippen molar-refractivity contribution in [1.82, 2.24) is 9.97 Å². The van der Waals surface area contributed by atoms with Crippen molar-refractivity contribution in [1.29, 1.82) is 0 Å². The average molecular weight is 409 g/mol. The Morgan fingerprint density at radius 3 is 3.00 bits per heavy atom. The lowest BCUT2D eigenvalue weighted by Gasteiger charge is -2.11. The fourth-order valence-electron chi connectivity index (χ4n) is 2.07. The molecule has 6 nitrogen and oxygen atoms in total. The number of benzene rings is 1. The zero-order valence-corrected chi connectivity index (χ0v) is 13.7. The number of aromatic nitrogens is 2. The summed E-state index contributed by atoms with van der Waals surface area (Å²) >= 11 is 0. The van der Waals surface area contributed by atoms with Crippen LogP contribution in [-0.2, 0) is 10.0 Å². The highest BCUT2D eigenvalue weighted by molar-refractivity contribution is 7.92. The molecule has 9 heteroatoms. The van der Waals surface area contributed by atoms with E-state index in [9.17, 15) is 13.2 Å². The van der Waals surface area contributed by atoms with Gasteiger partial charge < -0.3 is 4.98 Å². The van der Waals surface area contributed by atoms with E-state index < -0.39 is 117 Å². The van der Waals surface area contributed by atoms with Gasteiger partial charge in [-0.05, 0) is 36.9 Å². The van der Waals surface area contributed by atoms with Gasteiger partial charge in [0.25, 0.3) is 0 Å². The molecular formula is C18H17F2N3O3S. The number of carbonyl (C=O) groups excluding carboxylic acids is 1. The Morgan fingerprint density at radius 1 is 1.44 bits per heavy atom. The topological polar surface area (TPSA) is 91.9 Å². The molecule has 0 spiro atoms. The van der Waals surface area contributed by atoms with E-state index in [1.807, 2.05) is 0 Å². The van der Waals surface area contributed by atoms with Gasteiger partial charge in [0.05, 0.1) is 29.4 Å². The molecule has 27 heavy (non-hydrogen) atoms. The van der Waals surface area contributed by atoms with Crippen LogP contribution < -0.4 is 4.72 Å². The minimum atomic E-state index is -6.00. The Morgan fingerprint density at radius 2 is 2.26 bits per heavy atom. The van der Waals surface area contributed by atoms with Crippen LogP contribution in [0.25, 0.3) is 11.4 Å². The minimum Gasteiger partial charge on any atom is -0.346 e. The van der Waals surface area contributed by atoms with Gasteiger partial charge in [-0.2, -0.15) is 0 Å². The molecule has 142 valence electrons. The van der Waals surface area contributed by atoms with Crippen LogP contribution in [0.15, 0.2) is 30.5 Å². The van der Waals surface area contributed by atoms with E-state index in [4.69, 9.17) is 20.6 Å². The molecular weight excluding hydrogens is 376 g/mol.